The van der Waals surface area contributed by atoms with Crippen LogP contribution in [0.4, 0.5) is 0 Å². The van der Waals surface area contributed by atoms with Crippen LogP contribution < -0.4 is 5.73 Å². The van der Waals surface area contributed by atoms with E-state index < -0.39 is 0 Å². The van der Waals surface area contributed by atoms with Crippen molar-refractivity contribution in [2.45, 2.75) is 19.5 Å². The Balaban J connectivity index is 2.64. The highest BCUT2D eigenvalue weighted by molar-refractivity contribution is 7.98. The summed E-state index contributed by atoms with van der Waals surface area (Å²) in [6.45, 7) is 2.98. The summed E-state index contributed by atoms with van der Waals surface area (Å²) in [6.07, 6.45) is 5.78. The largest absolute Gasteiger partial charge is 0.332 e. The zero-order valence-corrected chi connectivity index (χ0v) is 8.34. The van der Waals surface area contributed by atoms with Crippen LogP contribution >= 0.6 is 11.8 Å². The molecular weight excluding hydrogens is 170 g/mol. The van der Waals surface area contributed by atoms with Crippen LogP contribution in [-0.4, -0.2) is 21.6 Å². The molecule has 0 radical (unpaired) electrons. The maximum atomic E-state index is 5.76. The van der Waals surface area contributed by atoms with Gasteiger partial charge in [0.15, 0.2) is 0 Å². The average molecular weight is 185 g/mol. The first-order valence-electron chi connectivity index (χ1n) is 4.00. The topological polar surface area (TPSA) is 43.8 Å². The smallest absolute Gasteiger partial charge is 0.0948 e. The van der Waals surface area contributed by atoms with Crippen LogP contribution in [0.3, 0.4) is 0 Å². The highest BCUT2D eigenvalue weighted by Crippen LogP contribution is 2.09. The summed E-state index contributed by atoms with van der Waals surface area (Å²) in [4.78, 5) is 4.07. The SMILES string of the molecule is CSCCn1cncc1[C@@H](C)N. The highest BCUT2D eigenvalue weighted by Gasteiger charge is 2.04. The summed E-state index contributed by atoms with van der Waals surface area (Å²) in [7, 11) is 0. The van der Waals surface area contributed by atoms with Crippen LogP contribution in [0, 0.1) is 0 Å². The fraction of sp³-hybridized carbons (Fsp3) is 0.625. The summed E-state index contributed by atoms with van der Waals surface area (Å²) < 4.78 is 2.11. The van der Waals surface area contributed by atoms with E-state index in [1.165, 1.54) is 0 Å². The molecule has 0 aliphatic rings. The lowest BCUT2D eigenvalue weighted by atomic mass is 10.3. The number of hydrogen-bond donors (Lipinski definition) is 1. The number of rotatable bonds is 4. The molecule has 2 N–H and O–H groups in total. The van der Waals surface area contributed by atoms with Crippen molar-refractivity contribution in [3.8, 4) is 0 Å². The zero-order valence-electron chi connectivity index (χ0n) is 7.53. The Hall–Kier alpha value is -0.480. The molecule has 1 aromatic heterocycles. The van der Waals surface area contributed by atoms with Gasteiger partial charge >= 0.3 is 0 Å². The fourth-order valence-corrected chi connectivity index (χ4v) is 1.47. The maximum Gasteiger partial charge on any atom is 0.0948 e. The van der Waals surface area contributed by atoms with E-state index in [0.717, 1.165) is 18.0 Å². The van der Waals surface area contributed by atoms with Crippen molar-refractivity contribution in [2.24, 2.45) is 5.73 Å². The van der Waals surface area contributed by atoms with Crippen molar-refractivity contribution in [2.75, 3.05) is 12.0 Å². The van der Waals surface area contributed by atoms with Gasteiger partial charge in [-0.2, -0.15) is 11.8 Å². The van der Waals surface area contributed by atoms with Crippen LogP contribution in [-0.2, 0) is 6.54 Å². The van der Waals surface area contributed by atoms with E-state index in [2.05, 4.69) is 15.8 Å². The Bertz CT molecular complexity index is 232. The summed E-state index contributed by atoms with van der Waals surface area (Å²) in [5.74, 6) is 1.11. The normalized spacial score (nSPS) is 13.2. The lowest BCUT2D eigenvalue weighted by Gasteiger charge is -2.09. The minimum atomic E-state index is 0.0781. The van der Waals surface area contributed by atoms with Crippen LogP contribution in [0.2, 0.25) is 0 Å². The molecule has 1 heterocycles. The van der Waals surface area contributed by atoms with Gasteiger partial charge in [-0.1, -0.05) is 0 Å². The van der Waals surface area contributed by atoms with Gasteiger partial charge in [0.25, 0.3) is 0 Å². The Morgan fingerprint density at radius 2 is 2.50 bits per heavy atom. The molecule has 0 amide bonds. The van der Waals surface area contributed by atoms with Crippen LogP contribution in [0.1, 0.15) is 18.7 Å². The maximum absolute atomic E-state index is 5.76. The summed E-state index contributed by atoms with van der Waals surface area (Å²) in [6, 6.07) is 0.0781. The molecule has 0 bridgehead atoms. The van der Waals surface area contributed by atoms with Crippen molar-refractivity contribution < 1.29 is 0 Å². The van der Waals surface area contributed by atoms with E-state index in [9.17, 15) is 0 Å². The van der Waals surface area contributed by atoms with E-state index in [1.807, 2.05) is 31.2 Å². The van der Waals surface area contributed by atoms with E-state index in [4.69, 9.17) is 5.73 Å². The Morgan fingerprint density at radius 3 is 3.08 bits per heavy atom. The van der Waals surface area contributed by atoms with Gasteiger partial charge in [-0.05, 0) is 13.2 Å². The zero-order chi connectivity index (χ0) is 8.97. The van der Waals surface area contributed by atoms with Crippen LogP contribution in [0.25, 0.3) is 0 Å². The molecule has 0 fully saturated rings. The molecule has 0 saturated carbocycles. The number of aryl methyl sites for hydroxylation is 1. The standard InChI is InChI=1S/C8H15N3S/c1-7(9)8-5-10-6-11(8)3-4-12-2/h5-7H,3-4,9H2,1-2H3/t7-/m1/s1. The van der Waals surface area contributed by atoms with Gasteiger partial charge in [0.1, 0.15) is 0 Å². The molecule has 1 aromatic rings. The van der Waals surface area contributed by atoms with Crippen molar-refractivity contribution >= 4 is 11.8 Å². The Kier molecular flexibility index (Phi) is 3.62. The monoisotopic (exact) mass is 185 g/mol. The molecular formula is C8H15N3S. The van der Waals surface area contributed by atoms with Gasteiger partial charge < -0.3 is 10.3 Å². The van der Waals surface area contributed by atoms with E-state index in [-0.39, 0.29) is 6.04 Å². The Morgan fingerprint density at radius 1 is 1.75 bits per heavy atom. The second kappa shape index (κ2) is 4.52. The number of nitrogens with two attached hydrogens (primary N) is 1. The number of imidazole rings is 1. The highest BCUT2D eigenvalue weighted by atomic mass is 32.2. The number of thioether (sulfide) groups is 1. The third kappa shape index (κ3) is 2.25. The van der Waals surface area contributed by atoms with Crippen molar-refractivity contribution in [1.29, 1.82) is 0 Å². The third-order valence-corrected chi connectivity index (χ3v) is 2.34. The molecule has 3 nitrogen and oxygen atoms in total. The molecule has 0 unspecified atom stereocenters. The van der Waals surface area contributed by atoms with Crippen molar-refractivity contribution in [3.63, 3.8) is 0 Å². The van der Waals surface area contributed by atoms with E-state index >= 15 is 0 Å². The summed E-state index contributed by atoms with van der Waals surface area (Å²) in [5.41, 5.74) is 6.88. The molecule has 0 spiro atoms. The minimum Gasteiger partial charge on any atom is -0.332 e. The van der Waals surface area contributed by atoms with E-state index in [1.54, 1.807) is 0 Å². The predicted molar refractivity (Wildman–Crippen MR) is 53.2 cm³/mol. The number of aromatic nitrogens is 2. The van der Waals surface area contributed by atoms with Gasteiger partial charge in [-0.3, -0.25) is 0 Å². The molecule has 68 valence electrons. The fourth-order valence-electron chi connectivity index (χ4n) is 1.09. The molecule has 1 rings (SSSR count). The summed E-state index contributed by atoms with van der Waals surface area (Å²) in [5, 5.41) is 0. The first-order chi connectivity index (χ1) is 5.75. The summed E-state index contributed by atoms with van der Waals surface area (Å²) >= 11 is 1.83. The van der Waals surface area contributed by atoms with Crippen molar-refractivity contribution in [3.05, 3.63) is 18.2 Å². The Labute approximate surface area is 77.4 Å². The molecule has 0 aromatic carbocycles. The quantitative estimate of drug-likeness (QED) is 0.768. The van der Waals surface area contributed by atoms with E-state index in [0.29, 0.717) is 0 Å². The van der Waals surface area contributed by atoms with Crippen LogP contribution in [0.15, 0.2) is 12.5 Å². The second-order valence-corrected chi connectivity index (χ2v) is 3.78. The first-order valence-corrected chi connectivity index (χ1v) is 5.39. The van der Waals surface area contributed by atoms with Gasteiger partial charge in [-0.25, -0.2) is 4.98 Å². The third-order valence-electron chi connectivity index (χ3n) is 1.75. The first kappa shape index (κ1) is 9.61. The van der Waals surface area contributed by atoms with Gasteiger partial charge in [0.2, 0.25) is 0 Å². The molecule has 0 aliphatic heterocycles. The number of hydrogen-bond acceptors (Lipinski definition) is 3. The van der Waals surface area contributed by atoms with Crippen molar-refractivity contribution in [1.82, 2.24) is 9.55 Å². The second-order valence-electron chi connectivity index (χ2n) is 2.79. The molecule has 12 heavy (non-hydrogen) atoms. The molecule has 4 heteroatoms. The number of nitrogens with zero attached hydrogens (tertiary/aromatic N) is 2. The minimum absolute atomic E-state index is 0.0781. The van der Waals surface area contributed by atoms with Gasteiger partial charge in [0.05, 0.1) is 12.0 Å². The van der Waals surface area contributed by atoms with Crippen LogP contribution in [0.5, 0.6) is 0 Å². The lowest BCUT2D eigenvalue weighted by Crippen LogP contribution is -2.12. The molecule has 0 saturated heterocycles. The predicted octanol–water partition coefficient (Wildman–Crippen LogP) is 1.27. The average Bonchev–Trinajstić information content (AvgIpc) is 2.48. The molecule has 0 aliphatic carbocycles. The molecule has 1 atom stereocenters. The van der Waals surface area contributed by atoms with Gasteiger partial charge in [0, 0.05) is 24.5 Å². The van der Waals surface area contributed by atoms with Gasteiger partial charge in [-0.15, -0.1) is 0 Å². The lowest BCUT2D eigenvalue weighted by molar-refractivity contribution is 0.662.